The van der Waals surface area contributed by atoms with Crippen molar-refractivity contribution in [3.63, 3.8) is 0 Å². The number of likely N-dealkylation sites (tertiary alicyclic amines) is 1. The van der Waals surface area contributed by atoms with Crippen LogP contribution in [0.3, 0.4) is 0 Å². The number of carbonyl (C=O) groups excluding carboxylic acids is 1. The van der Waals surface area contributed by atoms with Crippen LogP contribution in [0.1, 0.15) is 25.7 Å². The molecule has 2 N–H and O–H groups in total. The van der Waals surface area contributed by atoms with E-state index in [0.717, 1.165) is 31.4 Å². The van der Waals surface area contributed by atoms with Crippen molar-refractivity contribution in [2.24, 2.45) is 0 Å². The van der Waals surface area contributed by atoms with Crippen molar-refractivity contribution in [1.82, 2.24) is 4.90 Å². The number of nitrogens with one attached hydrogen (secondary N) is 1. The first-order chi connectivity index (χ1) is 11.0. The molecule has 1 atom stereocenters. The van der Waals surface area contributed by atoms with Crippen LogP contribution in [0.4, 0.5) is 25.0 Å². The van der Waals surface area contributed by atoms with Crippen LogP contribution >= 0.6 is 0 Å². The largest absolute Gasteiger partial charge is 0.391 e. The summed E-state index contributed by atoms with van der Waals surface area (Å²) in [5, 5.41) is 11.9. The van der Waals surface area contributed by atoms with Gasteiger partial charge in [0.15, 0.2) is 11.6 Å². The molecular formula is C16H21F2N3O2. The van der Waals surface area contributed by atoms with Gasteiger partial charge in [-0.1, -0.05) is 0 Å². The molecule has 1 aromatic carbocycles. The molecule has 3 rings (SSSR count). The minimum absolute atomic E-state index is 0.0145. The van der Waals surface area contributed by atoms with Gasteiger partial charge in [0.25, 0.3) is 0 Å². The Bertz CT molecular complexity index is 568. The standard InChI is InChI=1S/C16H21F2N3O2/c17-13-8-11(19-16(23)21-7-4-12(22)10-21)9-14(18)15(13)20-5-2-1-3-6-20/h8-9,12,22H,1-7,10H2,(H,19,23)/t12-/m0/s1. The van der Waals surface area contributed by atoms with Gasteiger partial charge < -0.3 is 20.2 Å². The van der Waals surface area contributed by atoms with E-state index < -0.39 is 23.8 Å². The van der Waals surface area contributed by atoms with Crippen LogP contribution in [0.25, 0.3) is 0 Å². The Morgan fingerprint density at radius 1 is 1.13 bits per heavy atom. The number of aliphatic hydroxyl groups excluding tert-OH is 1. The molecule has 23 heavy (non-hydrogen) atoms. The third kappa shape index (κ3) is 3.55. The van der Waals surface area contributed by atoms with E-state index in [1.54, 1.807) is 4.90 Å². The molecule has 2 heterocycles. The molecule has 2 fully saturated rings. The lowest BCUT2D eigenvalue weighted by Gasteiger charge is -2.29. The van der Waals surface area contributed by atoms with E-state index >= 15 is 0 Å². The molecule has 0 aromatic heterocycles. The molecule has 1 aromatic rings. The monoisotopic (exact) mass is 325 g/mol. The summed E-state index contributed by atoms with van der Waals surface area (Å²) in [6, 6.07) is 1.85. The smallest absolute Gasteiger partial charge is 0.321 e. The maximum Gasteiger partial charge on any atom is 0.321 e. The normalized spacial score (nSPS) is 21.6. The van der Waals surface area contributed by atoms with E-state index in [-0.39, 0.29) is 17.9 Å². The van der Waals surface area contributed by atoms with Crippen molar-refractivity contribution in [3.8, 4) is 0 Å². The number of hydrogen-bond acceptors (Lipinski definition) is 3. The van der Waals surface area contributed by atoms with Gasteiger partial charge in [0.2, 0.25) is 0 Å². The molecule has 2 aliphatic rings. The van der Waals surface area contributed by atoms with E-state index in [1.165, 1.54) is 4.90 Å². The highest BCUT2D eigenvalue weighted by molar-refractivity contribution is 5.89. The van der Waals surface area contributed by atoms with Crippen molar-refractivity contribution in [3.05, 3.63) is 23.8 Å². The molecule has 2 amide bonds. The Morgan fingerprint density at radius 3 is 2.35 bits per heavy atom. The molecule has 0 aliphatic carbocycles. The van der Waals surface area contributed by atoms with Crippen LogP contribution in [-0.2, 0) is 0 Å². The lowest BCUT2D eigenvalue weighted by molar-refractivity contribution is 0.176. The van der Waals surface area contributed by atoms with Crippen molar-refractivity contribution in [2.75, 3.05) is 36.4 Å². The van der Waals surface area contributed by atoms with E-state index in [2.05, 4.69) is 5.32 Å². The van der Waals surface area contributed by atoms with Gasteiger partial charge in [-0.25, -0.2) is 13.6 Å². The zero-order valence-electron chi connectivity index (χ0n) is 12.9. The SMILES string of the molecule is O=C(Nc1cc(F)c(N2CCCCC2)c(F)c1)N1CC[C@H](O)C1. The average molecular weight is 325 g/mol. The Labute approximate surface area is 133 Å². The summed E-state index contributed by atoms with van der Waals surface area (Å²) in [7, 11) is 0. The van der Waals surface area contributed by atoms with Crippen LogP contribution in [0, 0.1) is 11.6 Å². The highest BCUT2D eigenvalue weighted by Crippen LogP contribution is 2.29. The Hall–Kier alpha value is -1.89. The second kappa shape index (κ2) is 6.70. The van der Waals surface area contributed by atoms with Crippen LogP contribution < -0.4 is 10.2 Å². The number of benzene rings is 1. The van der Waals surface area contributed by atoms with Crippen LogP contribution in [0.15, 0.2) is 12.1 Å². The molecule has 7 heteroatoms. The highest BCUT2D eigenvalue weighted by Gasteiger charge is 2.25. The number of rotatable bonds is 2. The minimum atomic E-state index is -0.663. The summed E-state index contributed by atoms with van der Waals surface area (Å²) >= 11 is 0. The molecule has 0 spiro atoms. The molecule has 2 saturated heterocycles. The minimum Gasteiger partial charge on any atom is -0.391 e. The average Bonchev–Trinajstić information content (AvgIpc) is 2.94. The van der Waals surface area contributed by atoms with E-state index in [4.69, 9.17) is 0 Å². The van der Waals surface area contributed by atoms with Crippen LogP contribution in [0.5, 0.6) is 0 Å². The number of amides is 2. The van der Waals surface area contributed by atoms with Crippen LogP contribution in [-0.4, -0.2) is 48.3 Å². The quantitative estimate of drug-likeness (QED) is 0.879. The van der Waals surface area contributed by atoms with Gasteiger partial charge in [-0.05, 0) is 37.8 Å². The number of piperidine rings is 1. The first-order valence-electron chi connectivity index (χ1n) is 8.02. The molecule has 0 saturated carbocycles. The Balaban J connectivity index is 1.72. The number of aliphatic hydroxyl groups is 1. The van der Waals surface area contributed by atoms with E-state index in [0.29, 0.717) is 26.1 Å². The van der Waals surface area contributed by atoms with Crippen LogP contribution in [0.2, 0.25) is 0 Å². The third-order valence-corrected chi connectivity index (χ3v) is 4.39. The van der Waals surface area contributed by atoms with Crippen molar-refractivity contribution < 1.29 is 18.7 Å². The highest BCUT2D eigenvalue weighted by atomic mass is 19.1. The van der Waals surface area contributed by atoms with Crippen molar-refractivity contribution in [2.45, 2.75) is 31.8 Å². The zero-order valence-corrected chi connectivity index (χ0v) is 12.9. The second-order valence-electron chi connectivity index (χ2n) is 6.15. The van der Waals surface area contributed by atoms with Gasteiger partial charge in [-0.15, -0.1) is 0 Å². The number of halogens is 2. The molecule has 0 radical (unpaired) electrons. The predicted octanol–water partition coefficient (Wildman–Crippen LogP) is 2.55. The first-order valence-corrected chi connectivity index (χ1v) is 8.02. The molecule has 2 aliphatic heterocycles. The summed E-state index contributed by atoms with van der Waals surface area (Å²) in [6.45, 7) is 1.96. The van der Waals surface area contributed by atoms with Gasteiger partial charge >= 0.3 is 6.03 Å². The number of anilines is 2. The maximum atomic E-state index is 14.3. The number of urea groups is 1. The fourth-order valence-electron chi connectivity index (χ4n) is 3.19. The topological polar surface area (TPSA) is 55.8 Å². The molecule has 126 valence electrons. The van der Waals surface area contributed by atoms with E-state index in [9.17, 15) is 18.7 Å². The molecule has 0 bridgehead atoms. The molecule has 0 unspecified atom stereocenters. The summed E-state index contributed by atoms with van der Waals surface area (Å²) in [5.41, 5.74) is 0.0754. The van der Waals surface area contributed by atoms with Gasteiger partial charge in [0.05, 0.1) is 6.10 Å². The maximum absolute atomic E-state index is 14.3. The first kappa shape index (κ1) is 16.0. The van der Waals surface area contributed by atoms with Gasteiger partial charge in [0.1, 0.15) is 5.69 Å². The Morgan fingerprint density at radius 2 is 1.78 bits per heavy atom. The number of nitrogens with zero attached hydrogens (tertiary/aromatic N) is 2. The molecule has 5 nitrogen and oxygen atoms in total. The van der Waals surface area contributed by atoms with Gasteiger partial charge in [0, 0.05) is 31.9 Å². The Kier molecular flexibility index (Phi) is 4.66. The summed E-state index contributed by atoms with van der Waals surface area (Å²) < 4.78 is 28.6. The fraction of sp³-hybridized carbons (Fsp3) is 0.562. The summed E-state index contributed by atoms with van der Waals surface area (Å²) in [6.07, 6.45) is 2.92. The summed E-state index contributed by atoms with van der Waals surface area (Å²) in [4.78, 5) is 15.2. The fourth-order valence-corrected chi connectivity index (χ4v) is 3.19. The lowest BCUT2D eigenvalue weighted by atomic mass is 10.1. The van der Waals surface area contributed by atoms with Crippen molar-refractivity contribution >= 4 is 17.4 Å². The lowest BCUT2D eigenvalue weighted by Crippen LogP contribution is -2.34. The number of carbonyl (C=O) groups is 1. The third-order valence-electron chi connectivity index (χ3n) is 4.39. The number of hydrogen-bond donors (Lipinski definition) is 2. The zero-order chi connectivity index (χ0) is 16.4. The van der Waals surface area contributed by atoms with E-state index in [1.807, 2.05) is 0 Å². The van der Waals surface area contributed by atoms with Gasteiger partial charge in [-0.2, -0.15) is 0 Å². The predicted molar refractivity (Wildman–Crippen MR) is 83.6 cm³/mol. The van der Waals surface area contributed by atoms with Gasteiger partial charge in [-0.3, -0.25) is 0 Å². The second-order valence-corrected chi connectivity index (χ2v) is 6.15. The number of β-amino-alcohol motifs (C(OH)–C–C–N with tert-alkyl or cyclic N) is 1. The van der Waals surface area contributed by atoms with Crippen molar-refractivity contribution in [1.29, 1.82) is 0 Å². The summed E-state index contributed by atoms with van der Waals surface area (Å²) in [5.74, 6) is -1.33. The molecular weight excluding hydrogens is 304 g/mol.